The molecule has 0 radical (unpaired) electrons. The number of rotatable bonds is 6. The summed E-state index contributed by atoms with van der Waals surface area (Å²) in [5.41, 5.74) is 1.33. The van der Waals surface area contributed by atoms with E-state index in [0.29, 0.717) is 19.5 Å². The second kappa shape index (κ2) is 7.82. The molecule has 1 atom stereocenters. The van der Waals surface area contributed by atoms with Crippen LogP contribution in [-0.2, 0) is 17.9 Å². The average molecular weight is 406 g/mol. The minimum Gasteiger partial charge on any atom is -0.390 e. The molecule has 0 aliphatic carbocycles. The molecule has 0 spiro atoms. The number of benzene rings is 1. The summed E-state index contributed by atoms with van der Waals surface area (Å²) >= 11 is 3.41. The first-order valence-corrected chi connectivity index (χ1v) is 9.16. The zero-order valence-electron chi connectivity index (χ0n) is 14.0. The quantitative estimate of drug-likeness (QED) is 0.741. The number of unbranched alkanes of at least 4 members (excludes halogenated alkanes) is 1. The lowest BCUT2D eigenvalue weighted by Gasteiger charge is -2.12. The largest absolute Gasteiger partial charge is 0.390 e. The molecule has 0 N–H and O–H groups in total. The Labute approximate surface area is 153 Å². The molecule has 0 saturated carbocycles. The fraction of sp³-hybridized carbons (Fsp3) is 0.389. The standard InChI is InChI=1S/C18H20BrN3O3/c1-2-3-9-22-17(23)8-10-21(18(22)24)12-15-11-16(20-25-15)13-4-6-14(19)7-5-13/h4-8,10,15H,2-3,9,11-12H2,1H3. The van der Waals surface area contributed by atoms with Crippen LogP contribution in [0.25, 0.3) is 0 Å². The van der Waals surface area contributed by atoms with E-state index in [0.717, 1.165) is 28.6 Å². The van der Waals surface area contributed by atoms with Gasteiger partial charge in [0.1, 0.15) is 0 Å². The van der Waals surface area contributed by atoms with E-state index in [-0.39, 0.29) is 17.4 Å². The van der Waals surface area contributed by atoms with Crippen molar-refractivity contribution in [3.63, 3.8) is 0 Å². The number of aromatic nitrogens is 2. The number of oxime groups is 1. The molecule has 3 rings (SSSR count). The summed E-state index contributed by atoms with van der Waals surface area (Å²) < 4.78 is 3.82. The highest BCUT2D eigenvalue weighted by Gasteiger charge is 2.23. The third-order valence-electron chi connectivity index (χ3n) is 4.19. The Morgan fingerprint density at radius 1 is 1.24 bits per heavy atom. The Hall–Kier alpha value is -2.15. The van der Waals surface area contributed by atoms with Gasteiger partial charge in [-0.2, -0.15) is 0 Å². The zero-order valence-corrected chi connectivity index (χ0v) is 15.6. The van der Waals surface area contributed by atoms with E-state index in [1.54, 1.807) is 0 Å². The van der Waals surface area contributed by atoms with Gasteiger partial charge in [-0.25, -0.2) is 4.79 Å². The van der Waals surface area contributed by atoms with Crippen LogP contribution in [0.3, 0.4) is 0 Å². The zero-order chi connectivity index (χ0) is 17.8. The molecule has 132 valence electrons. The second-order valence-corrected chi connectivity index (χ2v) is 6.99. The summed E-state index contributed by atoms with van der Waals surface area (Å²) in [4.78, 5) is 29.9. The van der Waals surface area contributed by atoms with Crippen LogP contribution in [0, 0.1) is 0 Å². The van der Waals surface area contributed by atoms with E-state index in [1.165, 1.54) is 21.4 Å². The third-order valence-corrected chi connectivity index (χ3v) is 4.71. The summed E-state index contributed by atoms with van der Waals surface area (Å²) in [6, 6.07) is 9.30. The Morgan fingerprint density at radius 3 is 2.72 bits per heavy atom. The van der Waals surface area contributed by atoms with Crippen molar-refractivity contribution in [1.82, 2.24) is 9.13 Å². The maximum Gasteiger partial charge on any atom is 0.331 e. The van der Waals surface area contributed by atoms with Gasteiger partial charge >= 0.3 is 5.69 Å². The van der Waals surface area contributed by atoms with Crippen molar-refractivity contribution >= 4 is 21.6 Å². The molecule has 1 aromatic carbocycles. The normalized spacial score (nSPS) is 16.6. The van der Waals surface area contributed by atoms with Crippen molar-refractivity contribution < 1.29 is 4.84 Å². The molecule has 1 aliphatic rings. The van der Waals surface area contributed by atoms with Gasteiger partial charge in [-0.15, -0.1) is 0 Å². The van der Waals surface area contributed by atoms with Gasteiger partial charge in [0.2, 0.25) is 0 Å². The van der Waals surface area contributed by atoms with Crippen LogP contribution in [0.5, 0.6) is 0 Å². The van der Waals surface area contributed by atoms with Crippen LogP contribution in [0.4, 0.5) is 0 Å². The Morgan fingerprint density at radius 2 is 2.00 bits per heavy atom. The molecule has 1 aliphatic heterocycles. The van der Waals surface area contributed by atoms with Crippen molar-refractivity contribution in [3.8, 4) is 0 Å². The second-order valence-electron chi connectivity index (χ2n) is 6.07. The summed E-state index contributed by atoms with van der Waals surface area (Å²) in [7, 11) is 0. The van der Waals surface area contributed by atoms with E-state index in [1.807, 2.05) is 31.2 Å². The Bertz CT molecular complexity index is 884. The highest BCUT2D eigenvalue weighted by atomic mass is 79.9. The van der Waals surface area contributed by atoms with Crippen molar-refractivity contribution in [3.05, 3.63) is 67.4 Å². The highest BCUT2D eigenvalue weighted by molar-refractivity contribution is 9.10. The van der Waals surface area contributed by atoms with Crippen LogP contribution in [-0.4, -0.2) is 20.9 Å². The lowest BCUT2D eigenvalue weighted by Crippen LogP contribution is -2.40. The molecule has 0 fully saturated rings. The van der Waals surface area contributed by atoms with Crippen LogP contribution >= 0.6 is 15.9 Å². The van der Waals surface area contributed by atoms with Gasteiger partial charge in [-0.3, -0.25) is 13.9 Å². The van der Waals surface area contributed by atoms with Gasteiger partial charge in [-0.05, 0) is 24.1 Å². The molecule has 0 amide bonds. The van der Waals surface area contributed by atoms with Crippen molar-refractivity contribution in [2.45, 2.75) is 45.4 Å². The van der Waals surface area contributed by atoms with E-state index in [9.17, 15) is 9.59 Å². The Balaban J connectivity index is 1.71. The molecule has 2 heterocycles. The van der Waals surface area contributed by atoms with Gasteiger partial charge in [0, 0.05) is 29.7 Å². The minimum atomic E-state index is -0.290. The number of hydrogen-bond donors (Lipinski definition) is 0. The first kappa shape index (κ1) is 17.7. The molecular formula is C18H20BrN3O3. The fourth-order valence-corrected chi connectivity index (χ4v) is 3.04. The summed E-state index contributed by atoms with van der Waals surface area (Å²) in [6.07, 6.45) is 3.68. The van der Waals surface area contributed by atoms with Crippen molar-refractivity contribution in [2.24, 2.45) is 5.16 Å². The Kier molecular flexibility index (Phi) is 5.53. The topological polar surface area (TPSA) is 65.6 Å². The monoisotopic (exact) mass is 405 g/mol. The predicted molar refractivity (Wildman–Crippen MR) is 100 cm³/mol. The molecule has 2 aromatic rings. The van der Waals surface area contributed by atoms with Crippen LogP contribution in [0.1, 0.15) is 31.7 Å². The average Bonchev–Trinajstić information content (AvgIpc) is 3.07. The number of nitrogens with zero attached hydrogens (tertiary/aromatic N) is 3. The van der Waals surface area contributed by atoms with Gasteiger partial charge < -0.3 is 4.84 Å². The number of halogens is 1. The van der Waals surface area contributed by atoms with E-state index in [2.05, 4.69) is 21.1 Å². The molecule has 7 heteroatoms. The number of hydrogen-bond acceptors (Lipinski definition) is 4. The molecule has 25 heavy (non-hydrogen) atoms. The predicted octanol–water partition coefficient (Wildman–Crippen LogP) is 2.77. The van der Waals surface area contributed by atoms with E-state index in [4.69, 9.17) is 4.84 Å². The van der Waals surface area contributed by atoms with Crippen molar-refractivity contribution in [2.75, 3.05) is 0 Å². The maximum atomic E-state index is 12.5. The first-order chi connectivity index (χ1) is 12.1. The molecule has 0 saturated heterocycles. The first-order valence-electron chi connectivity index (χ1n) is 8.37. The maximum absolute atomic E-state index is 12.5. The third kappa shape index (κ3) is 4.10. The minimum absolute atomic E-state index is 0.214. The van der Waals surface area contributed by atoms with Gasteiger partial charge in [-0.1, -0.05) is 46.6 Å². The smallest absolute Gasteiger partial charge is 0.331 e. The van der Waals surface area contributed by atoms with Gasteiger partial charge in [0.05, 0.1) is 12.3 Å². The van der Waals surface area contributed by atoms with Crippen molar-refractivity contribution in [1.29, 1.82) is 0 Å². The van der Waals surface area contributed by atoms with Crippen LogP contribution < -0.4 is 11.2 Å². The van der Waals surface area contributed by atoms with E-state index >= 15 is 0 Å². The SMILES string of the molecule is CCCCn1c(=O)ccn(CC2CC(c3ccc(Br)cc3)=NO2)c1=O. The van der Waals surface area contributed by atoms with Crippen LogP contribution in [0.15, 0.2) is 55.7 Å². The van der Waals surface area contributed by atoms with Crippen LogP contribution in [0.2, 0.25) is 0 Å². The lowest BCUT2D eigenvalue weighted by molar-refractivity contribution is 0.0710. The summed E-state index contributed by atoms with van der Waals surface area (Å²) in [5.74, 6) is 0. The summed E-state index contributed by atoms with van der Waals surface area (Å²) in [5, 5.41) is 4.15. The molecule has 1 aromatic heterocycles. The molecule has 1 unspecified atom stereocenters. The fourth-order valence-electron chi connectivity index (χ4n) is 2.78. The van der Waals surface area contributed by atoms with Gasteiger partial charge in [0.15, 0.2) is 6.10 Å². The lowest BCUT2D eigenvalue weighted by atomic mass is 10.1. The molecule has 6 nitrogen and oxygen atoms in total. The van der Waals surface area contributed by atoms with Gasteiger partial charge in [0.25, 0.3) is 5.56 Å². The van der Waals surface area contributed by atoms with E-state index < -0.39 is 0 Å². The molecule has 0 bridgehead atoms. The highest BCUT2D eigenvalue weighted by Crippen LogP contribution is 2.19. The summed E-state index contributed by atoms with van der Waals surface area (Å²) in [6.45, 7) is 2.84. The molecular weight excluding hydrogens is 386 g/mol.